The Balaban J connectivity index is 2.62. The maximum absolute atomic E-state index is 8.82. The zero-order valence-corrected chi connectivity index (χ0v) is 7.32. The first-order valence-corrected chi connectivity index (χ1v) is 4.10. The summed E-state index contributed by atoms with van der Waals surface area (Å²) in [5.41, 5.74) is 0.713. The molecule has 1 aromatic heterocycles. The fourth-order valence-electron chi connectivity index (χ4n) is 1.16. The minimum absolute atomic E-state index is 0.122. The lowest BCUT2D eigenvalue weighted by atomic mass is 9.88. The fraction of sp³-hybridized carbons (Fsp3) is 0. The third-order valence-electron chi connectivity index (χ3n) is 1.75. The van der Waals surface area contributed by atoms with E-state index in [1.54, 1.807) is 24.3 Å². The maximum Gasteiger partial charge on any atom is 0.526 e. The summed E-state index contributed by atoms with van der Waals surface area (Å²) in [6, 6.07) is 6.61. The summed E-state index contributed by atoms with van der Waals surface area (Å²) in [6.45, 7) is 0. The van der Waals surface area contributed by atoms with Gasteiger partial charge in [0.2, 0.25) is 0 Å². The van der Waals surface area contributed by atoms with E-state index in [1.807, 2.05) is 0 Å². The molecular formula is C8H6BClO3. The van der Waals surface area contributed by atoms with E-state index in [9.17, 15) is 0 Å². The molecule has 1 aromatic carbocycles. The van der Waals surface area contributed by atoms with Gasteiger partial charge in [0.25, 0.3) is 0 Å². The van der Waals surface area contributed by atoms with Crippen molar-refractivity contribution in [2.75, 3.05) is 0 Å². The lowest BCUT2D eigenvalue weighted by molar-refractivity contribution is 0.412. The van der Waals surface area contributed by atoms with Crippen LogP contribution in [0.2, 0.25) is 5.02 Å². The molecule has 5 heteroatoms. The second-order valence-electron chi connectivity index (χ2n) is 2.70. The zero-order valence-electron chi connectivity index (χ0n) is 6.57. The predicted molar refractivity (Wildman–Crippen MR) is 51.0 cm³/mol. The summed E-state index contributed by atoms with van der Waals surface area (Å²) in [4.78, 5) is 0. The average Bonchev–Trinajstić information content (AvgIpc) is 2.46. The summed E-state index contributed by atoms with van der Waals surface area (Å²) in [7, 11) is -1.58. The number of furan rings is 1. The summed E-state index contributed by atoms with van der Waals surface area (Å²) >= 11 is 5.74. The molecule has 2 rings (SSSR count). The molecule has 0 saturated heterocycles. The third-order valence-corrected chi connectivity index (χ3v) is 1.99. The first-order valence-electron chi connectivity index (χ1n) is 3.72. The molecule has 0 spiro atoms. The lowest BCUT2D eigenvalue weighted by Gasteiger charge is -1.89. The molecule has 2 N–H and O–H groups in total. The van der Waals surface area contributed by atoms with Crippen molar-refractivity contribution in [3.8, 4) is 0 Å². The predicted octanol–water partition coefficient (Wildman–Crippen LogP) is 0.766. The van der Waals surface area contributed by atoms with Crippen LogP contribution in [0.15, 0.2) is 28.7 Å². The van der Waals surface area contributed by atoms with Gasteiger partial charge in [-0.15, -0.1) is 0 Å². The van der Waals surface area contributed by atoms with Gasteiger partial charge in [-0.05, 0) is 24.3 Å². The Morgan fingerprint density at radius 2 is 2.00 bits per heavy atom. The summed E-state index contributed by atoms with van der Waals surface area (Å²) in [6.07, 6.45) is 0. The van der Waals surface area contributed by atoms with Crippen LogP contribution >= 0.6 is 11.6 Å². The van der Waals surface area contributed by atoms with Crippen LogP contribution < -0.4 is 5.66 Å². The first kappa shape index (κ1) is 8.63. The molecule has 1 heterocycles. The van der Waals surface area contributed by atoms with Crippen LogP contribution in [0.4, 0.5) is 0 Å². The van der Waals surface area contributed by atoms with Gasteiger partial charge in [0.1, 0.15) is 11.2 Å². The van der Waals surface area contributed by atoms with Gasteiger partial charge < -0.3 is 14.5 Å². The number of rotatable bonds is 1. The van der Waals surface area contributed by atoms with Gasteiger partial charge in [-0.25, -0.2) is 0 Å². The minimum atomic E-state index is -1.58. The van der Waals surface area contributed by atoms with Gasteiger partial charge in [0.05, 0.1) is 0 Å². The van der Waals surface area contributed by atoms with Crippen molar-refractivity contribution in [2.24, 2.45) is 0 Å². The molecule has 0 bridgehead atoms. The van der Waals surface area contributed by atoms with E-state index in [4.69, 9.17) is 26.1 Å². The largest absolute Gasteiger partial charge is 0.526 e. The highest BCUT2D eigenvalue weighted by molar-refractivity contribution is 6.57. The van der Waals surface area contributed by atoms with Gasteiger partial charge in [-0.1, -0.05) is 11.6 Å². The Labute approximate surface area is 79.7 Å². The highest BCUT2D eigenvalue weighted by Gasteiger charge is 2.16. The molecule has 0 fully saturated rings. The Morgan fingerprint density at radius 1 is 1.23 bits per heavy atom. The third kappa shape index (κ3) is 1.56. The first-order chi connectivity index (χ1) is 6.16. The van der Waals surface area contributed by atoms with Crippen molar-refractivity contribution in [1.29, 1.82) is 0 Å². The SMILES string of the molecule is OB(O)c1cc2cc(Cl)ccc2o1. The van der Waals surface area contributed by atoms with E-state index < -0.39 is 7.12 Å². The van der Waals surface area contributed by atoms with E-state index >= 15 is 0 Å². The van der Waals surface area contributed by atoms with Crippen molar-refractivity contribution in [3.63, 3.8) is 0 Å². The highest BCUT2D eigenvalue weighted by atomic mass is 35.5. The van der Waals surface area contributed by atoms with Crippen LogP contribution in [-0.4, -0.2) is 17.2 Å². The van der Waals surface area contributed by atoms with Crippen LogP contribution in [0, 0.1) is 0 Å². The van der Waals surface area contributed by atoms with Gasteiger partial charge in [-0.3, -0.25) is 0 Å². The standard InChI is InChI=1S/C8H6BClO3/c10-6-1-2-7-5(3-6)4-8(13-7)9(11)12/h1-4,11-12H. The molecule has 0 amide bonds. The topological polar surface area (TPSA) is 53.6 Å². The van der Waals surface area contributed by atoms with Crippen molar-refractivity contribution < 1.29 is 14.5 Å². The van der Waals surface area contributed by atoms with E-state index in [1.165, 1.54) is 0 Å². The molecule has 0 radical (unpaired) electrons. The second kappa shape index (κ2) is 3.07. The van der Waals surface area contributed by atoms with Crippen molar-refractivity contribution in [3.05, 3.63) is 29.3 Å². The molecule has 13 heavy (non-hydrogen) atoms. The summed E-state index contributed by atoms with van der Waals surface area (Å²) in [5.74, 6) is 0. The number of halogens is 1. The molecule has 3 nitrogen and oxygen atoms in total. The molecule has 0 aliphatic rings. The number of hydrogen-bond donors (Lipinski definition) is 2. The normalized spacial score (nSPS) is 10.7. The number of fused-ring (bicyclic) bond motifs is 1. The Kier molecular flexibility index (Phi) is 2.03. The number of benzene rings is 1. The highest BCUT2D eigenvalue weighted by Crippen LogP contribution is 2.18. The molecule has 66 valence electrons. The average molecular weight is 196 g/mol. The van der Waals surface area contributed by atoms with Gasteiger partial charge in [0, 0.05) is 10.4 Å². The Morgan fingerprint density at radius 3 is 2.69 bits per heavy atom. The minimum Gasteiger partial charge on any atom is -0.465 e. The van der Waals surface area contributed by atoms with Gasteiger partial charge >= 0.3 is 7.12 Å². The molecule has 2 aromatic rings. The maximum atomic E-state index is 8.82. The molecule has 0 aliphatic carbocycles. The van der Waals surface area contributed by atoms with Crippen molar-refractivity contribution >= 4 is 35.3 Å². The molecule has 0 aliphatic heterocycles. The van der Waals surface area contributed by atoms with E-state index in [0.717, 1.165) is 5.39 Å². The lowest BCUT2D eigenvalue weighted by Crippen LogP contribution is -2.27. The van der Waals surface area contributed by atoms with E-state index in [2.05, 4.69) is 0 Å². The Bertz CT molecular complexity index is 438. The van der Waals surface area contributed by atoms with Gasteiger partial charge in [-0.2, -0.15) is 0 Å². The molecular weight excluding hydrogens is 190 g/mol. The summed E-state index contributed by atoms with van der Waals surface area (Å²) < 4.78 is 5.13. The van der Waals surface area contributed by atoms with E-state index in [-0.39, 0.29) is 5.66 Å². The second-order valence-corrected chi connectivity index (χ2v) is 3.14. The molecule has 0 saturated carbocycles. The monoisotopic (exact) mass is 196 g/mol. The van der Waals surface area contributed by atoms with Crippen LogP contribution in [0.1, 0.15) is 0 Å². The van der Waals surface area contributed by atoms with Crippen LogP contribution in [0.5, 0.6) is 0 Å². The quantitative estimate of drug-likeness (QED) is 0.662. The van der Waals surface area contributed by atoms with Crippen LogP contribution in [0.25, 0.3) is 11.0 Å². The van der Waals surface area contributed by atoms with E-state index in [0.29, 0.717) is 10.6 Å². The van der Waals surface area contributed by atoms with Crippen LogP contribution in [0.3, 0.4) is 0 Å². The van der Waals surface area contributed by atoms with Crippen molar-refractivity contribution in [1.82, 2.24) is 0 Å². The molecule has 0 unspecified atom stereocenters. The Hall–Kier alpha value is -0.965. The van der Waals surface area contributed by atoms with Gasteiger partial charge in [0.15, 0.2) is 0 Å². The van der Waals surface area contributed by atoms with Crippen LogP contribution in [-0.2, 0) is 0 Å². The number of hydrogen-bond acceptors (Lipinski definition) is 3. The molecule has 0 atom stereocenters. The summed E-state index contributed by atoms with van der Waals surface area (Å²) in [5, 5.41) is 19.0. The fourth-order valence-corrected chi connectivity index (χ4v) is 1.34. The smallest absolute Gasteiger partial charge is 0.465 e. The zero-order chi connectivity index (χ0) is 9.42. The van der Waals surface area contributed by atoms with Crippen molar-refractivity contribution in [2.45, 2.75) is 0 Å².